The van der Waals surface area contributed by atoms with E-state index in [2.05, 4.69) is 41.0 Å². The van der Waals surface area contributed by atoms with Crippen LogP contribution in [0.2, 0.25) is 0 Å². The molecule has 2 heterocycles. The molecule has 27 heavy (non-hydrogen) atoms. The van der Waals surface area contributed by atoms with Gasteiger partial charge in [-0.3, -0.25) is 9.79 Å². The predicted molar refractivity (Wildman–Crippen MR) is 111 cm³/mol. The number of rotatable bonds is 2. The lowest BCUT2D eigenvalue weighted by Crippen LogP contribution is -2.38. The summed E-state index contributed by atoms with van der Waals surface area (Å²) in [6.07, 6.45) is 1.41. The van der Waals surface area contributed by atoms with Crippen molar-refractivity contribution < 1.29 is 4.79 Å². The molecule has 134 valence electrons. The summed E-state index contributed by atoms with van der Waals surface area (Å²) in [5.74, 6) is 0.298. The Labute approximate surface area is 162 Å². The van der Waals surface area contributed by atoms with E-state index in [0.717, 1.165) is 23.5 Å². The highest BCUT2D eigenvalue weighted by molar-refractivity contribution is 7.10. The molecule has 1 unspecified atom stereocenters. The normalized spacial score (nSPS) is 24.2. The minimum absolute atomic E-state index is 0.0448. The maximum absolute atomic E-state index is 13.3. The lowest BCUT2D eigenvalue weighted by atomic mass is 9.73. The van der Waals surface area contributed by atoms with Gasteiger partial charge in [0.25, 0.3) is 0 Å². The molecule has 1 N–H and O–H groups in total. The fraction of sp³-hybridized carbons (Fsp3) is 0.217. The number of ketones is 1. The molecule has 2 aliphatic rings. The van der Waals surface area contributed by atoms with E-state index in [4.69, 9.17) is 4.99 Å². The second kappa shape index (κ2) is 6.78. The van der Waals surface area contributed by atoms with E-state index in [9.17, 15) is 4.79 Å². The van der Waals surface area contributed by atoms with Crippen molar-refractivity contribution in [3.63, 3.8) is 0 Å². The molecule has 0 bridgehead atoms. The van der Waals surface area contributed by atoms with Crippen molar-refractivity contribution in [3.8, 4) is 0 Å². The van der Waals surface area contributed by atoms with Crippen LogP contribution in [0, 0.1) is 5.92 Å². The van der Waals surface area contributed by atoms with Gasteiger partial charge < -0.3 is 5.32 Å². The summed E-state index contributed by atoms with van der Waals surface area (Å²) in [7, 11) is 0. The Morgan fingerprint density at radius 2 is 1.74 bits per heavy atom. The Kier molecular flexibility index (Phi) is 4.13. The van der Waals surface area contributed by atoms with Crippen molar-refractivity contribution in [3.05, 3.63) is 82.6 Å². The summed E-state index contributed by atoms with van der Waals surface area (Å²) in [6.45, 7) is 0. The van der Waals surface area contributed by atoms with Gasteiger partial charge in [-0.05, 0) is 41.5 Å². The zero-order valence-electron chi connectivity index (χ0n) is 14.8. The van der Waals surface area contributed by atoms with Gasteiger partial charge in [-0.15, -0.1) is 11.3 Å². The number of para-hydroxylation sites is 2. The van der Waals surface area contributed by atoms with Crippen LogP contribution in [-0.2, 0) is 4.79 Å². The number of thiophene rings is 1. The van der Waals surface area contributed by atoms with Crippen LogP contribution in [0.3, 0.4) is 0 Å². The van der Waals surface area contributed by atoms with Crippen molar-refractivity contribution in [2.45, 2.75) is 24.8 Å². The first-order valence-corrected chi connectivity index (χ1v) is 10.2. The smallest absolute Gasteiger partial charge is 0.144 e. The van der Waals surface area contributed by atoms with E-state index in [1.165, 1.54) is 10.4 Å². The lowest BCUT2D eigenvalue weighted by molar-refractivity contribution is -0.122. The number of hydrogen-bond acceptors (Lipinski definition) is 4. The third-order valence-electron chi connectivity index (χ3n) is 5.54. The first-order valence-electron chi connectivity index (χ1n) is 9.33. The maximum atomic E-state index is 13.3. The molecule has 1 aliphatic heterocycles. The van der Waals surface area contributed by atoms with Crippen molar-refractivity contribution in [1.82, 2.24) is 0 Å². The number of hydrogen-bond donors (Lipinski definition) is 1. The molecule has 0 spiro atoms. The Balaban J connectivity index is 1.60. The Morgan fingerprint density at radius 1 is 0.926 bits per heavy atom. The van der Waals surface area contributed by atoms with E-state index < -0.39 is 0 Å². The average molecular weight is 372 g/mol. The molecule has 1 aromatic heterocycles. The third-order valence-corrected chi connectivity index (χ3v) is 6.50. The molecule has 5 rings (SSSR count). The third kappa shape index (κ3) is 3.00. The number of nitrogens with one attached hydrogen (secondary N) is 1. The van der Waals surface area contributed by atoms with Crippen molar-refractivity contribution in [1.29, 1.82) is 0 Å². The number of fused-ring (bicyclic) bond motifs is 2. The monoisotopic (exact) mass is 372 g/mol. The molecule has 4 heteroatoms. The molecule has 1 aliphatic carbocycles. The van der Waals surface area contributed by atoms with Crippen LogP contribution in [0.1, 0.15) is 35.2 Å². The van der Waals surface area contributed by atoms with Crippen LogP contribution in [0.25, 0.3) is 0 Å². The van der Waals surface area contributed by atoms with Gasteiger partial charge in [0.05, 0.1) is 23.3 Å². The van der Waals surface area contributed by atoms with Gasteiger partial charge in [0.15, 0.2) is 0 Å². The van der Waals surface area contributed by atoms with Crippen LogP contribution in [0.15, 0.2) is 77.1 Å². The molecule has 2 aromatic carbocycles. The predicted octanol–water partition coefficient (Wildman–Crippen LogP) is 5.75. The van der Waals surface area contributed by atoms with Crippen molar-refractivity contribution in [2.75, 3.05) is 5.32 Å². The fourth-order valence-corrected chi connectivity index (χ4v) is 5.08. The van der Waals surface area contributed by atoms with Gasteiger partial charge in [0.1, 0.15) is 5.78 Å². The van der Waals surface area contributed by atoms with Crippen molar-refractivity contribution >= 4 is 34.2 Å². The topological polar surface area (TPSA) is 41.5 Å². The highest BCUT2D eigenvalue weighted by Gasteiger charge is 2.41. The van der Waals surface area contributed by atoms with Crippen molar-refractivity contribution in [2.24, 2.45) is 10.9 Å². The summed E-state index contributed by atoms with van der Waals surface area (Å²) in [6, 6.07) is 22.6. The molecule has 3 nitrogen and oxygen atoms in total. The quantitative estimate of drug-likeness (QED) is 0.622. The Hall–Kier alpha value is -2.72. The minimum Gasteiger partial charge on any atom is -0.375 e. The number of benzene rings is 2. The first kappa shape index (κ1) is 16.5. The molecule has 3 atom stereocenters. The average Bonchev–Trinajstić information content (AvgIpc) is 3.17. The number of carbonyl (C=O) groups is 1. The minimum atomic E-state index is -0.198. The molecule has 0 radical (unpaired) electrons. The summed E-state index contributed by atoms with van der Waals surface area (Å²) in [5.41, 5.74) is 4.17. The van der Waals surface area contributed by atoms with E-state index >= 15 is 0 Å². The van der Waals surface area contributed by atoms with Gasteiger partial charge in [-0.2, -0.15) is 0 Å². The maximum Gasteiger partial charge on any atom is 0.144 e. The zero-order chi connectivity index (χ0) is 18.2. The van der Waals surface area contributed by atoms with Crippen LogP contribution in [0.5, 0.6) is 0 Å². The second-order valence-electron chi connectivity index (χ2n) is 7.22. The fourth-order valence-electron chi connectivity index (χ4n) is 4.26. The van der Waals surface area contributed by atoms with Gasteiger partial charge in [-0.1, -0.05) is 48.5 Å². The molecule has 0 saturated heterocycles. The highest BCUT2D eigenvalue weighted by atomic mass is 32.1. The largest absolute Gasteiger partial charge is 0.375 e. The first-order chi connectivity index (χ1) is 13.3. The Bertz CT molecular complexity index is 994. The van der Waals surface area contributed by atoms with E-state index in [0.29, 0.717) is 6.42 Å². The van der Waals surface area contributed by atoms with Gasteiger partial charge in [0, 0.05) is 17.0 Å². The number of Topliss-reactive ketones (excluding diaryl/α,β-unsaturated/α-hetero) is 1. The van der Waals surface area contributed by atoms with Crippen LogP contribution < -0.4 is 5.32 Å². The van der Waals surface area contributed by atoms with E-state index in [1.807, 2.05) is 36.4 Å². The number of anilines is 1. The summed E-state index contributed by atoms with van der Waals surface area (Å²) in [4.78, 5) is 19.5. The second-order valence-corrected chi connectivity index (χ2v) is 8.20. The van der Waals surface area contributed by atoms with Crippen LogP contribution >= 0.6 is 11.3 Å². The number of carbonyl (C=O) groups excluding carboxylic acids is 1. The number of aliphatic imine (C=N–C) groups is 1. The molecule has 1 saturated carbocycles. The number of nitrogens with zero attached hydrogens (tertiary/aromatic N) is 1. The van der Waals surface area contributed by atoms with Gasteiger partial charge >= 0.3 is 0 Å². The summed E-state index contributed by atoms with van der Waals surface area (Å²) >= 11 is 1.70. The van der Waals surface area contributed by atoms with Crippen LogP contribution in [0.4, 0.5) is 11.4 Å². The lowest BCUT2D eigenvalue weighted by Gasteiger charge is -2.33. The molecular weight excluding hydrogens is 352 g/mol. The van der Waals surface area contributed by atoms with Crippen LogP contribution in [-0.4, -0.2) is 11.5 Å². The van der Waals surface area contributed by atoms with E-state index in [-0.39, 0.29) is 23.7 Å². The molecule has 0 amide bonds. The van der Waals surface area contributed by atoms with Gasteiger partial charge in [0.2, 0.25) is 0 Å². The standard InChI is InChI=1S/C23H20N2OS/c26-20-14-16(15-7-2-1-3-8-15)13-19-22(20)23(21-11-6-12-27-21)25-18-10-5-4-9-17(18)24-19/h1-12,16,22-23,25H,13-14H2/t16-,22?,23+/m0/s1. The van der Waals surface area contributed by atoms with E-state index in [1.54, 1.807) is 11.3 Å². The summed E-state index contributed by atoms with van der Waals surface area (Å²) in [5, 5.41) is 5.70. The zero-order valence-corrected chi connectivity index (χ0v) is 15.7. The SMILES string of the molecule is O=C1C[C@@H](c2ccccc2)CC2=Nc3ccccc3N[C@H](c3cccs3)C12. The van der Waals surface area contributed by atoms with Gasteiger partial charge in [-0.25, -0.2) is 0 Å². The Morgan fingerprint density at radius 3 is 2.56 bits per heavy atom. The molecule has 1 fully saturated rings. The summed E-state index contributed by atoms with van der Waals surface area (Å²) < 4.78 is 0. The highest BCUT2D eigenvalue weighted by Crippen LogP contribution is 2.44. The molecular formula is C23H20N2OS. The molecule has 3 aromatic rings.